The molecular weight excluding hydrogens is 416 g/mol. The van der Waals surface area contributed by atoms with E-state index in [2.05, 4.69) is 22.9 Å². The highest BCUT2D eigenvalue weighted by molar-refractivity contribution is 5.99. The number of rotatable bonds is 5. The number of anilines is 1. The van der Waals surface area contributed by atoms with Crippen LogP contribution in [0.3, 0.4) is 0 Å². The van der Waals surface area contributed by atoms with Crippen molar-refractivity contribution in [3.05, 3.63) is 41.6 Å². The van der Waals surface area contributed by atoms with Crippen LogP contribution in [0.5, 0.6) is 0 Å². The molecule has 33 heavy (non-hydrogen) atoms. The summed E-state index contributed by atoms with van der Waals surface area (Å²) in [5.74, 6) is 0.744. The molecule has 2 saturated heterocycles. The zero-order valence-electron chi connectivity index (χ0n) is 19.9. The number of aryl methyl sites for hydroxylation is 1. The number of hydrogen-bond donors (Lipinski definition) is 0. The van der Waals surface area contributed by atoms with Gasteiger partial charge < -0.3 is 14.5 Å². The van der Waals surface area contributed by atoms with Gasteiger partial charge in [-0.1, -0.05) is 23.8 Å². The summed E-state index contributed by atoms with van der Waals surface area (Å²) >= 11 is 0. The van der Waals surface area contributed by atoms with E-state index in [9.17, 15) is 9.59 Å². The molecular formula is C26H34N4O3. The predicted octanol–water partition coefficient (Wildman–Crippen LogP) is 4.25. The minimum Gasteiger partial charge on any atom is -0.466 e. The summed E-state index contributed by atoms with van der Waals surface area (Å²) in [4.78, 5) is 39.5. The van der Waals surface area contributed by atoms with Crippen LogP contribution in [0.2, 0.25) is 0 Å². The normalized spacial score (nSPS) is 21.1. The molecule has 1 amide bonds. The zero-order valence-corrected chi connectivity index (χ0v) is 19.9. The largest absolute Gasteiger partial charge is 0.466 e. The molecule has 2 aliphatic rings. The third kappa shape index (κ3) is 5.18. The van der Waals surface area contributed by atoms with Gasteiger partial charge in [-0.15, -0.1) is 0 Å². The number of piperidine rings is 2. The van der Waals surface area contributed by atoms with Gasteiger partial charge in [-0.05, 0) is 58.9 Å². The molecule has 1 aromatic heterocycles. The molecule has 1 aromatic carbocycles. The highest BCUT2D eigenvalue weighted by Gasteiger charge is 2.33. The molecule has 7 heteroatoms. The maximum atomic E-state index is 13.7. The van der Waals surface area contributed by atoms with Crippen LogP contribution in [0.25, 0.3) is 11.4 Å². The second kappa shape index (κ2) is 10.3. The molecule has 0 spiro atoms. The average molecular weight is 451 g/mol. The highest BCUT2D eigenvalue weighted by Crippen LogP contribution is 2.30. The number of esters is 1. The number of carbonyl (C=O) groups is 2. The Bertz CT molecular complexity index is 1010. The first kappa shape index (κ1) is 23.2. The number of aromatic nitrogens is 2. The van der Waals surface area contributed by atoms with Crippen LogP contribution in [-0.4, -0.2) is 59.0 Å². The van der Waals surface area contributed by atoms with Crippen molar-refractivity contribution in [3.8, 4) is 11.4 Å². The summed E-state index contributed by atoms with van der Waals surface area (Å²) in [6.45, 7) is 8.29. The number of carbonyl (C=O) groups excluding carboxylic acids is 2. The van der Waals surface area contributed by atoms with Gasteiger partial charge in [0.25, 0.3) is 5.91 Å². The van der Waals surface area contributed by atoms with Gasteiger partial charge in [0, 0.05) is 37.4 Å². The van der Waals surface area contributed by atoms with Crippen LogP contribution in [0.15, 0.2) is 30.5 Å². The fourth-order valence-corrected chi connectivity index (χ4v) is 4.86. The smallest absolute Gasteiger partial charge is 0.310 e. The summed E-state index contributed by atoms with van der Waals surface area (Å²) in [5.41, 5.74) is 2.60. The lowest BCUT2D eigenvalue weighted by molar-refractivity contribution is -0.149. The van der Waals surface area contributed by atoms with Gasteiger partial charge in [-0.25, -0.2) is 9.97 Å². The lowest BCUT2D eigenvalue weighted by Gasteiger charge is -2.37. The van der Waals surface area contributed by atoms with Crippen LogP contribution >= 0.6 is 0 Å². The van der Waals surface area contributed by atoms with Crippen molar-refractivity contribution >= 4 is 17.7 Å². The molecule has 2 fully saturated rings. The molecule has 2 atom stereocenters. The molecule has 0 bridgehead atoms. The van der Waals surface area contributed by atoms with E-state index in [4.69, 9.17) is 9.72 Å². The molecule has 2 unspecified atom stereocenters. The van der Waals surface area contributed by atoms with E-state index in [0.29, 0.717) is 42.9 Å². The third-order valence-electron chi connectivity index (χ3n) is 6.68. The Labute approximate surface area is 196 Å². The molecule has 3 heterocycles. The minimum absolute atomic E-state index is 0.104. The topological polar surface area (TPSA) is 75.6 Å². The third-order valence-corrected chi connectivity index (χ3v) is 6.68. The Hall–Kier alpha value is -2.96. The van der Waals surface area contributed by atoms with Crippen molar-refractivity contribution in [1.82, 2.24) is 14.9 Å². The molecule has 0 radical (unpaired) electrons. The van der Waals surface area contributed by atoms with E-state index in [-0.39, 0.29) is 17.8 Å². The second-order valence-corrected chi connectivity index (χ2v) is 9.18. The monoisotopic (exact) mass is 450 g/mol. The molecule has 7 nitrogen and oxygen atoms in total. The van der Waals surface area contributed by atoms with Gasteiger partial charge in [0.15, 0.2) is 5.82 Å². The van der Waals surface area contributed by atoms with Gasteiger partial charge in [-0.2, -0.15) is 0 Å². The minimum atomic E-state index is -0.271. The maximum Gasteiger partial charge on any atom is 0.310 e. The predicted molar refractivity (Wildman–Crippen MR) is 128 cm³/mol. The average Bonchev–Trinajstić information content (AvgIpc) is 2.84. The van der Waals surface area contributed by atoms with Crippen molar-refractivity contribution in [2.75, 3.05) is 31.1 Å². The van der Waals surface area contributed by atoms with Crippen molar-refractivity contribution < 1.29 is 14.3 Å². The number of nitrogens with zero attached hydrogens (tertiary/aromatic N) is 4. The van der Waals surface area contributed by atoms with E-state index in [0.717, 1.165) is 43.4 Å². The van der Waals surface area contributed by atoms with E-state index in [1.165, 1.54) is 6.42 Å². The first-order valence-corrected chi connectivity index (χ1v) is 12.1. The summed E-state index contributed by atoms with van der Waals surface area (Å²) in [6.07, 6.45) is 6.55. The molecule has 0 N–H and O–H groups in total. The standard InChI is InChI=1S/C26H34N4O3/c1-4-33-26(32)21-12-8-13-29(17-21)25(31)22-16-27-23(20-11-7-9-18(2)15-20)28-24(22)30-14-6-5-10-19(30)3/h7,9,11,15-16,19,21H,4-6,8,10,12-14,17H2,1-3H3. The summed E-state index contributed by atoms with van der Waals surface area (Å²) in [6, 6.07) is 8.42. The van der Waals surface area contributed by atoms with Gasteiger partial charge in [0.05, 0.1) is 12.5 Å². The molecule has 0 aliphatic carbocycles. The Balaban J connectivity index is 1.67. The van der Waals surface area contributed by atoms with Crippen LogP contribution in [0.1, 0.15) is 61.9 Å². The first-order valence-electron chi connectivity index (χ1n) is 12.1. The van der Waals surface area contributed by atoms with Gasteiger partial charge in [0.1, 0.15) is 11.4 Å². The Kier molecular flexibility index (Phi) is 7.26. The van der Waals surface area contributed by atoms with Crippen molar-refractivity contribution in [2.45, 2.75) is 58.9 Å². The summed E-state index contributed by atoms with van der Waals surface area (Å²) in [5, 5.41) is 0. The summed E-state index contributed by atoms with van der Waals surface area (Å²) in [7, 11) is 0. The zero-order chi connectivity index (χ0) is 23.4. The molecule has 176 valence electrons. The SMILES string of the molecule is CCOC(=O)C1CCCN(C(=O)c2cnc(-c3cccc(C)c3)nc2N2CCCCC2C)C1. The number of amides is 1. The number of benzene rings is 1. The number of hydrogen-bond acceptors (Lipinski definition) is 6. The lowest BCUT2D eigenvalue weighted by Crippen LogP contribution is -2.44. The highest BCUT2D eigenvalue weighted by atomic mass is 16.5. The van der Waals surface area contributed by atoms with E-state index in [1.807, 2.05) is 32.0 Å². The molecule has 0 saturated carbocycles. The van der Waals surface area contributed by atoms with Crippen molar-refractivity contribution in [3.63, 3.8) is 0 Å². The van der Waals surface area contributed by atoms with Crippen LogP contribution < -0.4 is 4.90 Å². The fraction of sp³-hybridized carbons (Fsp3) is 0.538. The van der Waals surface area contributed by atoms with Gasteiger partial charge in [-0.3, -0.25) is 9.59 Å². The van der Waals surface area contributed by atoms with E-state index in [1.54, 1.807) is 11.1 Å². The van der Waals surface area contributed by atoms with Gasteiger partial charge in [0.2, 0.25) is 0 Å². The molecule has 2 aromatic rings. The van der Waals surface area contributed by atoms with Crippen LogP contribution in [-0.2, 0) is 9.53 Å². The number of ether oxygens (including phenoxy) is 1. The van der Waals surface area contributed by atoms with Crippen molar-refractivity contribution in [2.24, 2.45) is 5.92 Å². The first-order chi connectivity index (χ1) is 16.0. The van der Waals surface area contributed by atoms with Crippen LogP contribution in [0, 0.1) is 12.8 Å². The summed E-state index contributed by atoms with van der Waals surface area (Å²) < 4.78 is 5.21. The Morgan fingerprint density at radius 1 is 1.15 bits per heavy atom. The quantitative estimate of drug-likeness (QED) is 0.634. The molecule has 4 rings (SSSR count). The van der Waals surface area contributed by atoms with Crippen molar-refractivity contribution in [1.29, 1.82) is 0 Å². The fourth-order valence-electron chi connectivity index (χ4n) is 4.86. The second-order valence-electron chi connectivity index (χ2n) is 9.18. The molecule has 2 aliphatic heterocycles. The van der Waals surface area contributed by atoms with E-state index < -0.39 is 0 Å². The van der Waals surface area contributed by atoms with E-state index >= 15 is 0 Å². The number of likely N-dealkylation sites (tertiary alicyclic amines) is 1. The Morgan fingerprint density at radius 2 is 2.00 bits per heavy atom. The van der Waals surface area contributed by atoms with Gasteiger partial charge >= 0.3 is 5.97 Å². The maximum absolute atomic E-state index is 13.7. The Morgan fingerprint density at radius 3 is 2.76 bits per heavy atom. The lowest BCUT2D eigenvalue weighted by atomic mass is 9.97. The van der Waals surface area contributed by atoms with Crippen LogP contribution in [0.4, 0.5) is 5.82 Å².